The van der Waals surface area contributed by atoms with Crippen LogP contribution < -0.4 is 11.2 Å². The minimum Gasteiger partial charge on any atom is -0.383 e. The summed E-state index contributed by atoms with van der Waals surface area (Å²) in [7, 11) is 1.33. The minimum atomic E-state index is -4.84. The van der Waals surface area contributed by atoms with E-state index in [4.69, 9.17) is 4.74 Å². The first-order valence-corrected chi connectivity index (χ1v) is 10.5. The van der Waals surface area contributed by atoms with E-state index < -0.39 is 23.2 Å². The maximum Gasteiger partial charge on any atom is 0.449 e. The molecule has 4 aromatic rings. The molecule has 0 saturated heterocycles. The van der Waals surface area contributed by atoms with Gasteiger partial charge in [-0.1, -0.05) is 13.0 Å². The molecule has 12 heteroatoms. The van der Waals surface area contributed by atoms with Crippen molar-refractivity contribution in [2.24, 2.45) is 0 Å². The first-order chi connectivity index (χ1) is 16.2. The summed E-state index contributed by atoms with van der Waals surface area (Å²) >= 11 is 0. The number of rotatable bonds is 7. The summed E-state index contributed by atoms with van der Waals surface area (Å²) in [5.74, 6) is -1.27. The highest BCUT2D eigenvalue weighted by Crippen LogP contribution is 2.30. The van der Waals surface area contributed by atoms with Crippen LogP contribution in [0.25, 0.3) is 16.7 Å². The summed E-state index contributed by atoms with van der Waals surface area (Å²) < 4.78 is 50.6. The van der Waals surface area contributed by atoms with Crippen molar-refractivity contribution in [3.63, 3.8) is 0 Å². The molecule has 4 heterocycles. The largest absolute Gasteiger partial charge is 0.449 e. The monoisotopic (exact) mass is 474 g/mol. The van der Waals surface area contributed by atoms with Crippen LogP contribution in [0.15, 0.2) is 40.2 Å². The van der Waals surface area contributed by atoms with E-state index in [0.29, 0.717) is 17.5 Å². The number of hydrogen-bond donors (Lipinski definition) is 0. The van der Waals surface area contributed by atoms with E-state index in [1.807, 2.05) is 0 Å². The van der Waals surface area contributed by atoms with Gasteiger partial charge in [0.15, 0.2) is 11.2 Å². The van der Waals surface area contributed by atoms with Gasteiger partial charge in [0.1, 0.15) is 6.07 Å². The molecule has 0 fully saturated rings. The number of methoxy groups -OCH3 is 1. The number of imidazole rings is 1. The molecule has 34 heavy (non-hydrogen) atoms. The normalized spacial score (nSPS) is 12.0. The van der Waals surface area contributed by atoms with E-state index in [1.165, 1.54) is 7.11 Å². The quantitative estimate of drug-likeness (QED) is 0.410. The van der Waals surface area contributed by atoms with Gasteiger partial charge in [0, 0.05) is 38.2 Å². The summed E-state index contributed by atoms with van der Waals surface area (Å²) in [6, 6.07) is 7.32. The lowest BCUT2D eigenvalue weighted by Crippen LogP contribution is -2.41. The lowest BCUT2D eigenvalue weighted by Gasteiger charge is -2.13. The Balaban J connectivity index is 2.03. The van der Waals surface area contributed by atoms with Crippen molar-refractivity contribution in [1.29, 1.82) is 5.26 Å². The van der Waals surface area contributed by atoms with Gasteiger partial charge in [-0.3, -0.25) is 13.9 Å². The Morgan fingerprint density at radius 2 is 1.91 bits per heavy atom. The number of fused-ring (bicyclic) bond motifs is 2. The summed E-state index contributed by atoms with van der Waals surface area (Å²) in [5, 5.41) is 9.68. The molecule has 0 bridgehead atoms. The molecule has 0 aliphatic carbocycles. The van der Waals surface area contributed by atoms with Gasteiger partial charge in [0.25, 0.3) is 5.56 Å². The van der Waals surface area contributed by atoms with Crippen molar-refractivity contribution in [2.75, 3.05) is 13.7 Å². The van der Waals surface area contributed by atoms with Gasteiger partial charge in [-0.25, -0.2) is 9.78 Å². The van der Waals surface area contributed by atoms with Crippen LogP contribution in [0.5, 0.6) is 0 Å². The molecule has 178 valence electrons. The van der Waals surface area contributed by atoms with Crippen molar-refractivity contribution in [2.45, 2.75) is 39.2 Å². The molecule has 0 aliphatic heterocycles. The second kappa shape index (κ2) is 8.83. The fourth-order valence-corrected chi connectivity index (χ4v) is 4.07. The van der Waals surface area contributed by atoms with E-state index in [2.05, 4.69) is 11.1 Å². The average Bonchev–Trinajstić information content (AvgIpc) is 3.36. The number of alkyl halides is 3. The highest BCUT2D eigenvalue weighted by molar-refractivity contribution is 5.71. The van der Waals surface area contributed by atoms with Crippen molar-refractivity contribution < 1.29 is 17.9 Å². The maximum absolute atomic E-state index is 13.8. The highest BCUT2D eigenvalue weighted by Gasteiger charge is 2.39. The minimum absolute atomic E-state index is 0.0665. The molecule has 4 aromatic heterocycles. The van der Waals surface area contributed by atoms with Crippen LogP contribution in [0.2, 0.25) is 0 Å². The number of aromatic nitrogens is 5. The summed E-state index contributed by atoms with van der Waals surface area (Å²) in [6.45, 7) is 1.18. The van der Waals surface area contributed by atoms with Crippen molar-refractivity contribution >= 4 is 16.7 Å². The lowest BCUT2D eigenvalue weighted by atomic mass is 10.2. The van der Waals surface area contributed by atoms with Crippen LogP contribution in [0.1, 0.15) is 30.3 Å². The first kappa shape index (κ1) is 23.3. The van der Waals surface area contributed by atoms with Gasteiger partial charge >= 0.3 is 11.9 Å². The predicted octanol–water partition coefficient (Wildman–Crippen LogP) is 2.61. The lowest BCUT2D eigenvalue weighted by molar-refractivity contribution is -0.147. The number of nitrogens with zero attached hydrogens (tertiary/aromatic N) is 6. The number of nitriles is 1. The summed E-state index contributed by atoms with van der Waals surface area (Å²) in [6.07, 6.45) is -1.07. The fourth-order valence-electron chi connectivity index (χ4n) is 4.07. The van der Waals surface area contributed by atoms with Crippen molar-refractivity contribution in [3.05, 3.63) is 68.4 Å². The van der Waals surface area contributed by atoms with Crippen molar-refractivity contribution in [3.8, 4) is 6.07 Å². The zero-order valence-electron chi connectivity index (χ0n) is 18.5. The van der Waals surface area contributed by atoms with Crippen LogP contribution in [-0.4, -0.2) is 36.8 Å². The third-order valence-corrected chi connectivity index (χ3v) is 5.54. The Kier molecular flexibility index (Phi) is 6.05. The third kappa shape index (κ3) is 3.77. The number of hydrogen-bond acceptors (Lipinski definition) is 5. The highest BCUT2D eigenvalue weighted by atomic mass is 19.4. The van der Waals surface area contributed by atoms with Gasteiger partial charge in [-0.2, -0.15) is 18.4 Å². The smallest absolute Gasteiger partial charge is 0.383 e. The Hall–Kier alpha value is -3.85. The van der Waals surface area contributed by atoms with Crippen LogP contribution in [0.3, 0.4) is 0 Å². The van der Waals surface area contributed by atoms with Crippen LogP contribution in [0, 0.1) is 11.3 Å². The molecular formula is C22H21F3N6O3. The van der Waals surface area contributed by atoms with E-state index in [9.17, 15) is 28.0 Å². The molecule has 0 spiro atoms. The number of halogens is 3. The molecule has 4 rings (SSSR count). The first-order valence-electron chi connectivity index (χ1n) is 10.5. The fraction of sp³-hybridized carbons (Fsp3) is 0.364. The molecule has 9 nitrogen and oxygen atoms in total. The molecule has 0 amide bonds. The topological polar surface area (TPSA) is 99.2 Å². The van der Waals surface area contributed by atoms with Crippen LogP contribution in [0.4, 0.5) is 13.2 Å². The summed E-state index contributed by atoms with van der Waals surface area (Å²) in [4.78, 5) is 30.4. The second-order valence-corrected chi connectivity index (χ2v) is 7.71. The Labute approximate surface area is 190 Å². The van der Waals surface area contributed by atoms with Gasteiger partial charge in [-0.05, 0) is 18.6 Å². The van der Waals surface area contributed by atoms with E-state index >= 15 is 0 Å². The zero-order valence-corrected chi connectivity index (χ0v) is 18.5. The Morgan fingerprint density at radius 3 is 2.56 bits per heavy atom. The predicted molar refractivity (Wildman–Crippen MR) is 117 cm³/mol. The molecule has 0 aromatic carbocycles. The van der Waals surface area contributed by atoms with E-state index in [0.717, 1.165) is 13.7 Å². The summed E-state index contributed by atoms with van der Waals surface area (Å²) in [5.41, 5.74) is -1.09. The van der Waals surface area contributed by atoms with E-state index in [1.54, 1.807) is 41.9 Å². The van der Waals surface area contributed by atoms with E-state index in [-0.39, 0.29) is 43.0 Å². The SMILES string of the molecule is CCCn1c(=O)n(Cc2cn3ccccc3c2C#N)c(=O)c2c1nc(C(F)(F)F)n2CCOC. The van der Waals surface area contributed by atoms with Gasteiger partial charge in [0.05, 0.1) is 24.2 Å². The number of ether oxygens (including phenoxy) is 1. The molecule has 0 unspecified atom stereocenters. The van der Waals surface area contributed by atoms with Crippen molar-refractivity contribution in [1.82, 2.24) is 23.1 Å². The Bertz CT molecular complexity index is 1530. The zero-order chi connectivity index (χ0) is 24.6. The third-order valence-electron chi connectivity index (χ3n) is 5.54. The molecular weight excluding hydrogens is 453 g/mol. The molecule has 0 saturated carbocycles. The van der Waals surface area contributed by atoms with Crippen LogP contribution >= 0.6 is 0 Å². The Morgan fingerprint density at radius 1 is 1.15 bits per heavy atom. The van der Waals surface area contributed by atoms with Crippen LogP contribution in [-0.2, 0) is 30.5 Å². The second-order valence-electron chi connectivity index (χ2n) is 7.71. The molecule has 0 N–H and O–H groups in total. The molecule has 0 atom stereocenters. The standard InChI is InChI=1S/C22H21F3N6O3/c1-3-7-30-18-17(29(9-10-34-2)20(27-18)22(23,24)25)19(32)31(21(30)33)13-14-12-28-8-5-4-6-16(28)15(14)11-26/h4-6,8,12H,3,7,9-10,13H2,1-2H3. The maximum atomic E-state index is 13.8. The molecule has 0 aliphatic rings. The van der Waals surface area contributed by atoms with Gasteiger partial charge < -0.3 is 13.7 Å². The number of pyridine rings is 1. The molecule has 0 radical (unpaired) electrons. The van der Waals surface area contributed by atoms with Gasteiger partial charge in [-0.15, -0.1) is 0 Å². The number of aryl methyl sites for hydroxylation is 1. The average molecular weight is 474 g/mol. The van der Waals surface area contributed by atoms with Gasteiger partial charge in [0.2, 0.25) is 5.82 Å².